The second-order valence-corrected chi connectivity index (χ2v) is 5.10. The highest BCUT2D eigenvalue weighted by Crippen LogP contribution is 2.11. The Morgan fingerprint density at radius 3 is 2.47 bits per heavy atom. The molecule has 0 spiro atoms. The smallest absolute Gasteiger partial charge is 0.338 e. The first kappa shape index (κ1) is 16.2. The summed E-state index contributed by atoms with van der Waals surface area (Å²) in [7, 11) is 0. The SMILES string of the molecule is C=C(/C=C(\CBr)CCOC(=O)c1ccccc1)CBr. The van der Waals surface area contributed by atoms with Crippen LogP contribution in [0.1, 0.15) is 16.8 Å². The Balaban J connectivity index is 2.43. The van der Waals surface area contributed by atoms with Crippen molar-refractivity contribution in [3.05, 3.63) is 59.7 Å². The van der Waals surface area contributed by atoms with E-state index < -0.39 is 0 Å². The summed E-state index contributed by atoms with van der Waals surface area (Å²) >= 11 is 6.77. The summed E-state index contributed by atoms with van der Waals surface area (Å²) < 4.78 is 5.23. The molecule has 1 rings (SSSR count). The number of hydrogen-bond acceptors (Lipinski definition) is 2. The number of ether oxygens (including phenoxy) is 1. The molecule has 0 fully saturated rings. The Kier molecular flexibility index (Phi) is 7.75. The van der Waals surface area contributed by atoms with E-state index in [1.165, 1.54) is 0 Å². The van der Waals surface area contributed by atoms with Crippen molar-refractivity contribution in [3.63, 3.8) is 0 Å². The van der Waals surface area contributed by atoms with Gasteiger partial charge in [-0.25, -0.2) is 4.79 Å². The van der Waals surface area contributed by atoms with Crippen molar-refractivity contribution in [3.8, 4) is 0 Å². The van der Waals surface area contributed by atoms with Crippen LogP contribution in [0.3, 0.4) is 0 Å². The Morgan fingerprint density at radius 2 is 1.89 bits per heavy atom. The summed E-state index contributed by atoms with van der Waals surface area (Å²) in [4.78, 5) is 11.7. The first-order valence-corrected chi connectivity index (χ1v) is 8.13. The van der Waals surface area contributed by atoms with E-state index in [4.69, 9.17) is 4.74 Å². The molecule has 0 heterocycles. The summed E-state index contributed by atoms with van der Waals surface area (Å²) in [6.07, 6.45) is 2.72. The summed E-state index contributed by atoms with van der Waals surface area (Å²) in [5.74, 6) is -0.283. The topological polar surface area (TPSA) is 26.3 Å². The molecule has 0 radical (unpaired) electrons. The molecule has 0 atom stereocenters. The zero-order valence-corrected chi connectivity index (χ0v) is 13.7. The Bertz CT molecular complexity index is 452. The van der Waals surface area contributed by atoms with Gasteiger partial charge in [0.2, 0.25) is 0 Å². The summed E-state index contributed by atoms with van der Waals surface area (Å²) in [5.41, 5.74) is 2.74. The summed E-state index contributed by atoms with van der Waals surface area (Å²) in [6.45, 7) is 4.28. The van der Waals surface area contributed by atoms with Gasteiger partial charge in [-0.1, -0.05) is 68.3 Å². The third kappa shape index (κ3) is 6.21. The lowest BCUT2D eigenvalue weighted by molar-refractivity contribution is 0.0509. The van der Waals surface area contributed by atoms with Crippen LogP contribution in [0.25, 0.3) is 0 Å². The largest absolute Gasteiger partial charge is 0.462 e. The fraction of sp³-hybridized carbons (Fsp3) is 0.267. The van der Waals surface area contributed by atoms with E-state index in [-0.39, 0.29) is 5.97 Å². The van der Waals surface area contributed by atoms with Crippen molar-refractivity contribution < 1.29 is 9.53 Å². The molecule has 102 valence electrons. The van der Waals surface area contributed by atoms with Gasteiger partial charge in [0, 0.05) is 17.1 Å². The first-order valence-electron chi connectivity index (χ1n) is 5.88. The molecule has 0 aromatic heterocycles. The minimum Gasteiger partial charge on any atom is -0.462 e. The number of halogens is 2. The van der Waals surface area contributed by atoms with Gasteiger partial charge in [-0.2, -0.15) is 0 Å². The predicted molar refractivity (Wildman–Crippen MR) is 86.2 cm³/mol. The van der Waals surface area contributed by atoms with Crippen molar-refractivity contribution in [2.45, 2.75) is 6.42 Å². The maximum atomic E-state index is 11.7. The molecule has 0 aliphatic carbocycles. The van der Waals surface area contributed by atoms with Crippen LogP contribution in [0.5, 0.6) is 0 Å². The van der Waals surface area contributed by atoms with Gasteiger partial charge in [-0.3, -0.25) is 0 Å². The number of esters is 1. The van der Waals surface area contributed by atoms with Crippen molar-refractivity contribution in [1.29, 1.82) is 0 Å². The number of carbonyl (C=O) groups is 1. The zero-order valence-electron chi connectivity index (χ0n) is 10.6. The van der Waals surface area contributed by atoms with Crippen LogP contribution in [0.2, 0.25) is 0 Å². The number of carbonyl (C=O) groups excluding carboxylic acids is 1. The number of hydrogen-bond donors (Lipinski definition) is 0. The van der Waals surface area contributed by atoms with Crippen molar-refractivity contribution in [2.24, 2.45) is 0 Å². The number of alkyl halides is 2. The van der Waals surface area contributed by atoms with Crippen LogP contribution in [-0.2, 0) is 4.74 Å². The van der Waals surface area contributed by atoms with Gasteiger partial charge in [0.25, 0.3) is 0 Å². The lowest BCUT2D eigenvalue weighted by Gasteiger charge is -2.07. The number of rotatable bonds is 7. The quantitative estimate of drug-likeness (QED) is 0.391. The summed E-state index contributed by atoms with van der Waals surface area (Å²) in [5, 5.41) is 1.50. The van der Waals surface area contributed by atoms with Crippen LogP contribution in [0.4, 0.5) is 0 Å². The fourth-order valence-electron chi connectivity index (χ4n) is 1.44. The monoisotopic (exact) mass is 386 g/mol. The van der Waals surface area contributed by atoms with Gasteiger partial charge >= 0.3 is 5.97 Å². The average Bonchev–Trinajstić information content (AvgIpc) is 2.46. The highest BCUT2D eigenvalue weighted by molar-refractivity contribution is 9.09. The van der Waals surface area contributed by atoms with Gasteiger partial charge < -0.3 is 4.74 Å². The summed E-state index contributed by atoms with van der Waals surface area (Å²) in [6, 6.07) is 9.00. The van der Waals surface area contributed by atoms with Crippen LogP contribution in [-0.4, -0.2) is 23.2 Å². The molecule has 4 heteroatoms. The molecule has 0 aliphatic heterocycles. The standard InChI is InChI=1S/C15H16Br2O2/c1-12(10-16)9-13(11-17)7-8-19-15(18)14-5-3-2-4-6-14/h2-6,9H,1,7-8,10-11H2/b13-9-. The van der Waals surface area contributed by atoms with Gasteiger partial charge in [-0.05, 0) is 17.7 Å². The molecule has 0 saturated heterocycles. The van der Waals surface area contributed by atoms with E-state index in [1.807, 2.05) is 24.3 Å². The Morgan fingerprint density at radius 1 is 1.21 bits per heavy atom. The lowest BCUT2D eigenvalue weighted by Crippen LogP contribution is -2.07. The average molecular weight is 388 g/mol. The van der Waals surface area contributed by atoms with E-state index in [0.29, 0.717) is 18.6 Å². The number of benzene rings is 1. The van der Waals surface area contributed by atoms with Crippen LogP contribution >= 0.6 is 31.9 Å². The Labute approximate surface area is 130 Å². The minimum atomic E-state index is -0.283. The molecule has 2 nitrogen and oxygen atoms in total. The van der Waals surface area contributed by atoms with Gasteiger partial charge in [0.15, 0.2) is 0 Å². The third-order valence-electron chi connectivity index (χ3n) is 2.42. The molecule has 19 heavy (non-hydrogen) atoms. The molecular formula is C15H16Br2O2. The van der Waals surface area contributed by atoms with E-state index in [0.717, 1.165) is 21.8 Å². The second kappa shape index (κ2) is 9.10. The van der Waals surface area contributed by atoms with Crippen LogP contribution < -0.4 is 0 Å². The van der Waals surface area contributed by atoms with Crippen LogP contribution in [0.15, 0.2) is 54.1 Å². The predicted octanol–water partition coefficient (Wildman–Crippen LogP) is 4.51. The van der Waals surface area contributed by atoms with Gasteiger partial charge in [0.1, 0.15) is 0 Å². The highest BCUT2D eigenvalue weighted by atomic mass is 79.9. The van der Waals surface area contributed by atoms with E-state index >= 15 is 0 Å². The molecule has 0 N–H and O–H groups in total. The normalized spacial score (nSPS) is 11.2. The maximum Gasteiger partial charge on any atom is 0.338 e. The highest BCUT2D eigenvalue weighted by Gasteiger charge is 2.06. The van der Waals surface area contributed by atoms with Crippen molar-refractivity contribution in [2.75, 3.05) is 17.3 Å². The second-order valence-electron chi connectivity index (χ2n) is 3.98. The third-order valence-corrected chi connectivity index (χ3v) is 3.86. The minimum absolute atomic E-state index is 0.283. The van der Waals surface area contributed by atoms with E-state index in [2.05, 4.69) is 38.4 Å². The molecule has 0 saturated carbocycles. The molecule has 1 aromatic carbocycles. The molecule has 0 amide bonds. The van der Waals surface area contributed by atoms with Gasteiger partial charge in [-0.15, -0.1) is 0 Å². The molecule has 0 unspecified atom stereocenters. The number of allylic oxidation sites excluding steroid dienone is 2. The lowest BCUT2D eigenvalue weighted by atomic mass is 10.1. The molecule has 0 aliphatic rings. The maximum absolute atomic E-state index is 11.7. The van der Waals surface area contributed by atoms with E-state index in [9.17, 15) is 4.79 Å². The van der Waals surface area contributed by atoms with Crippen molar-refractivity contribution >= 4 is 37.8 Å². The molecular weight excluding hydrogens is 372 g/mol. The fourth-order valence-corrected chi connectivity index (χ4v) is 2.04. The molecule has 1 aromatic rings. The van der Waals surface area contributed by atoms with Gasteiger partial charge in [0.05, 0.1) is 12.2 Å². The molecule has 0 bridgehead atoms. The zero-order chi connectivity index (χ0) is 14.1. The Hall–Kier alpha value is -0.870. The van der Waals surface area contributed by atoms with Crippen molar-refractivity contribution in [1.82, 2.24) is 0 Å². The van der Waals surface area contributed by atoms with Crippen LogP contribution in [0, 0.1) is 0 Å². The van der Waals surface area contributed by atoms with E-state index in [1.54, 1.807) is 12.1 Å². The first-order chi connectivity index (χ1) is 9.17.